The molecule has 0 spiro atoms. The largest absolute Gasteiger partial charge is 1.00 e. The second-order valence-electron chi connectivity index (χ2n) is 1.60. The molecule has 0 aliphatic heterocycles. The standard InChI is InChI=1S/C5H8N2O2.Na/c1-4(2-6)7-3-5(8)9;/h4,7H,3H2,1H3,(H,8,9);/q;+1/p-1. The van der Waals surface area contributed by atoms with Crippen LogP contribution in [0.25, 0.3) is 0 Å². The van der Waals surface area contributed by atoms with Crippen LogP contribution in [-0.4, -0.2) is 18.6 Å². The van der Waals surface area contributed by atoms with Gasteiger partial charge in [0.05, 0.1) is 18.1 Å². The van der Waals surface area contributed by atoms with Gasteiger partial charge in [-0.05, 0) is 6.92 Å². The number of hydrogen-bond acceptors (Lipinski definition) is 4. The minimum atomic E-state index is -1.20. The number of nitrogens with one attached hydrogen (secondary N) is 1. The summed E-state index contributed by atoms with van der Waals surface area (Å²) < 4.78 is 0. The van der Waals surface area contributed by atoms with Crippen molar-refractivity contribution < 1.29 is 39.5 Å². The van der Waals surface area contributed by atoms with Gasteiger partial charge < -0.3 is 9.90 Å². The Morgan fingerprint density at radius 2 is 2.40 bits per heavy atom. The van der Waals surface area contributed by atoms with E-state index in [1.807, 2.05) is 6.07 Å². The van der Waals surface area contributed by atoms with Crippen molar-refractivity contribution in [3.05, 3.63) is 0 Å². The van der Waals surface area contributed by atoms with Crippen molar-refractivity contribution in [2.75, 3.05) is 6.54 Å². The molecule has 0 amide bonds. The molecule has 0 radical (unpaired) electrons. The summed E-state index contributed by atoms with van der Waals surface area (Å²) in [5, 5.41) is 20.3. The molecule has 4 nitrogen and oxygen atoms in total. The zero-order valence-corrected chi connectivity index (χ0v) is 8.05. The number of aliphatic carboxylic acids is 1. The van der Waals surface area contributed by atoms with Crippen LogP contribution in [-0.2, 0) is 4.79 Å². The quantitative estimate of drug-likeness (QED) is 0.410. The first kappa shape index (κ1) is 12.6. The molecule has 1 atom stereocenters. The number of rotatable bonds is 3. The van der Waals surface area contributed by atoms with E-state index in [1.54, 1.807) is 6.92 Å². The Kier molecular flexibility index (Phi) is 8.85. The minimum Gasteiger partial charge on any atom is -0.549 e. The Morgan fingerprint density at radius 3 is 2.70 bits per heavy atom. The number of carbonyl (C=O) groups is 1. The number of nitriles is 1. The molecule has 0 rings (SSSR count). The van der Waals surface area contributed by atoms with Crippen molar-refractivity contribution >= 4 is 5.97 Å². The van der Waals surface area contributed by atoms with Crippen LogP contribution in [0.1, 0.15) is 6.92 Å². The van der Waals surface area contributed by atoms with Crippen molar-refractivity contribution in [1.29, 1.82) is 5.26 Å². The van der Waals surface area contributed by atoms with Crippen LogP contribution in [0.15, 0.2) is 0 Å². The molecule has 50 valence electrons. The van der Waals surface area contributed by atoms with Crippen molar-refractivity contribution in [3.8, 4) is 6.07 Å². The van der Waals surface area contributed by atoms with Crippen LogP contribution >= 0.6 is 0 Å². The fraction of sp³-hybridized carbons (Fsp3) is 0.600. The first-order valence-corrected chi connectivity index (χ1v) is 2.49. The number of carboxylic acid groups (broad SMARTS) is 1. The molecule has 0 heterocycles. The predicted octanol–water partition coefficient (Wildman–Crippen LogP) is -4.76. The summed E-state index contributed by atoms with van der Waals surface area (Å²) in [4.78, 5) is 9.74. The summed E-state index contributed by atoms with van der Waals surface area (Å²) in [6, 6.07) is 1.39. The van der Waals surface area contributed by atoms with Crippen LogP contribution < -0.4 is 40.0 Å². The average Bonchev–Trinajstić information content (AvgIpc) is 1.83. The summed E-state index contributed by atoms with van der Waals surface area (Å²) in [6.45, 7) is 1.30. The molecule has 1 N–H and O–H groups in total. The van der Waals surface area contributed by atoms with Gasteiger partial charge in [-0.15, -0.1) is 0 Å². The van der Waals surface area contributed by atoms with E-state index in [0.29, 0.717) is 0 Å². The molecule has 0 aromatic carbocycles. The molecule has 0 aliphatic rings. The number of hydrogen-bond donors (Lipinski definition) is 1. The third-order valence-corrected chi connectivity index (χ3v) is 0.746. The first-order chi connectivity index (χ1) is 4.16. The Morgan fingerprint density at radius 1 is 1.90 bits per heavy atom. The van der Waals surface area contributed by atoms with Crippen LogP contribution in [0, 0.1) is 11.3 Å². The fourth-order valence-corrected chi connectivity index (χ4v) is 0.282. The van der Waals surface area contributed by atoms with E-state index in [0.717, 1.165) is 0 Å². The maximum atomic E-state index is 9.74. The van der Waals surface area contributed by atoms with E-state index in [-0.39, 0.29) is 36.1 Å². The third-order valence-electron chi connectivity index (χ3n) is 0.746. The van der Waals surface area contributed by atoms with Crippen LogP contribution in [0.5, 0.6) is 0 Å². The Hall–Kier alpha value is -0.0800. The Labute approximate surface area is 81.5 Å². The Bertz CT molecular complexity index is 143. The predicted molar refractivity (Wildman–Crippen MR) is 28.1 cm³/mol. The van der Waals surface area contributed by atoms with E-state index in [9.17, 15) is 9.90 Å². The van der Waals surface area contributed by atoms with E-state index in [1.165, 1.54) is 0 Å². The van der Waals surface area contributed by atoms with E-state index >= 15 is 0 Å². The molecular weight excluding hydrogens is 143 g/mol. The molecule has 0 saturated carbocycles. The number of carboxylic acids is 1. The summed E-state index contributed by atoms with van der Waals surface area (Å²) in [5.41, 5.74) is 0. The molecule has 0 aromatic rings. The summed E-state index contributed by atoms with van der Waals surface area (Å²) >= 11 is 0. The van der Waals surface area contributed by atoms with Crippen LogP contribution in [0.3, 0.4) is 0 Å². The van der Waals surface area contributed by atoms with Gasteiger partial charge >= 0.3 is 29.6 Å². The van der Waals surface area contributed by atoms with Crippen molar-refractivity contribution in [1.82, 2.24) is 5.32 Å². The van der Waals surface area contributed by atoms with Crippen molar-refractivity contribution in [2.24, 2.45) is 0 Å². The van der Waals surface area contributed by atoms with Gasteiger partial charge in [0.1, 0.15) is 0 Å². The van der Waals surface area contributed by atoms with Crippen molar-refractivity contribution in [2.45, 2.75) is 13.0 Å². The summed E-state index contributed by atoms with van der Waals surface area (Å²) in [6.07, 6.45) is 0. The van der Waals surface area contributed by atoms with Gasteiger partial charge in [-0.3, -0.25) is 5.32 Å². The maximum absolute atomic E-state index is 9.74. The average molecular weight is 150 g/mol. The Balaban J connectivity index is 0. The topological polar surface area (TPSA) is 76.0 Å². The van der Waals surface area contributed by atoms with E-state index < -0.39 is 12.0 Å². The molecule has 0 bridgehead atoms. The van der Waals surface area contributed by atoms with Crippen molar-refractivity contribution in [3.63, 3.8) is 0 Å². The van der Waals surface area contributed by atoms with Crippen LogP contribution in [0.4, 0.5) is 0 Å². The number of carbonyl (C=O) groups excluding carboxylic acids is 1. The van der Waals surface area contributed by atoms with E-state index in [2.05, 4.69) is 5.32 Å². The van der Waals surface area contributed by atoms with Gasteiger partial charge in [0.2, 0.25) is 0 Å². The normalized spacial score (nSPS) is 10.8. The molecule has 0 saturated heterocycles. The smallest absolute Gasteiger partial charge is 0.549 e. The van der Waals surface area contributed by atoms with Gasteiger partial charge in [0, 0.05) is 6.54 Å². The SMILES string of the molecule is CC(C#N)NCC(=O)[O-].[Na+]. The first-order valence-electron chi connectivity index (χ1n) is 2.49. The second-order valence-corrected chi connectivity index (χ2v) is 1.60. The minimum absolute atomic E-state index is 0. The van der Waals surface area contributed by atoms with Gasteiger partial charge in [-0.25, -0.2) is 0 Å². The molecule has 0 fully saturated rings. The molecule has 5 heteroatoms. The monoisotopic (exact) mass is 150 g/mol. The summed E-state index contributed by atoms with van der Waals surface area (Å²) in [5.74, 6) is -1.20. The molecular formula is C5H7N2NaO2. The van der Waals surface area contributed by atoms with Gasteiger partial charge in [-0.1, -0.05) is 0 Å². The molecule has 10 heavy (non-hydrogen) atoms. The molecule has 0 aromatic heterocycles. The zero-order chi connectivity index (χ0) is 7.28. The molecule has 1 unspecified atom stereocenters. The zero-order valence-electron chi connectivity index (χ0n) is 6.05. The molecule has 0 aliphatic carbocycles. The van der Waals surface area contributed by atoms with Crippen LogP contribution in [0.2, 0.25) is 0 Å². The maximum Gasteiger partial charge on any atom is 1.00 e. The summed E-state index contributed by atoms with van der Waals surface area (Å²) in [7, 11) is 0. The fourth-order valence-electron chi connectivity index (χ4n) is 0.282. The van der Waals surface area contributed by atoms with Gasteiger partial charge in [0.25, 0.3) is 0 Å². The van der Waals surface area contributed by atoms with E-state index in [4.69, 9.17) is 5.26 Å². The van der Waals surface area contributed by atoms with Gasteiger partial charge in [0.15, 0.2) is 0 Å². The second kappa shape index (κ2) is 7.03. The third kappa shape index (κ3) is 7.92. The van der Waals surface area contributed by atoms with Gasteiger partial charge in [-0.2, -0.15) is 5.26 Å². The number of nitrogens with zero attached hydrogens (tertiary/aromatic N) is 1.